The predicted octanol–water partition coefficient (Wildman–Crippen LogP) is 2.13. The quantitative estimate of drug-likeness (QED) is 0.447. The molecule has 0 spiro atoms. The van der Waals surface area contributed by atoms with Gasteiger partial charge in [0.15, 0.2) is 11.5 Å². The van der Waals surface area contributed by atoms with E-state index in [1.807, 2.05) is 0 Å². The van der Waals surface area contributed by atoms with Crippen LogP contribution >= 0.6 is 0 Å². The summed E-state index contributed by atoms with van der Waals surface area (Å²) in [6.07, 6.45) is 4.51. The van der Waals surface area contributed by atoms with Crippen molar-refractivity contribution in [1.82, 2.24) is 9.97 Å². The fourth-order valence-electron chi connectivity index (χ4n) is 2.01. The van der Waals surface area contributed by atoms with Gasteiger partial charge < -0.3 is 19.6 Å². The average molecular weight is 345 g/mol. The molecule has 0 radical (unpaired) electrons. The third kappa shape index (κ3) is 4.02. The lowest BCUT2D eigenvalue weighted by atomic mass is 10.1. The first-order chi connectivity index (χ1) is 12.0. The molecule has 2 aromatic rings. The second-order valence-corrected chi connectivity index (χ2v) is 4.69. The van der Waals surface area contributed by atoms with Crippen LogP contribution in [-0.4, -0.2) is 33.7 Å². The third-order valence-corrected chi connectivity index (χ3v) is 3.07. The number of aromatic amines is 1. The zero-order chi connectivity index (χ0) is 18.4. The van der Waals surface area contributed by atoms with Gasteiger partial charge in [0.1, 0.15) is 12.4 Å². The van der Waals surface area contributed by atoms with Gasteiger partial charge in [-0.25, -0.2) is 0 Å². The molecule has 0 aliphatic heterocycles. The highest BCUT2D eigenvalue weighted by Gasteiger charge is 2.21. The summed E-state index contributed by atoms with van der Waals surface area (Å²) in [6.45, 7) is 3.84. The van der Waals surface area contributed by atoms with Crippen molar-refractivity contribution in [1.29, 1.82) is 0 Å². The van der Waals surface area contributed by atoms with Crippen LogP contribution in [0.1, 0.15) is 11.4 Å². The van der Waals surface area contributed by atoms with Gasteiger partial charge in [-0.3, -0.25) is 14.9 Å². The number of aromatic nitrogens is 2. The summed E-state index contributed by atoms with van der Waals surface area (Å²) >= 11 is 0. The summed E-state index contributed by atoms with van der Waals surface area (Å²) in [7, 11) is 1.50. The van der Waals surface area contributed by atoms with E-state index in [-0.39, 0.29) is 12.4 Å². The number of nitrogens with one attached hydrogen (secondary N) is 1. The van der Waals surface area contributed by atoms with Crippen LogP contribution in [-0.2, 0) is 0 Å². The minimum Gasteiger partial charge on any atom is -0.493 e. The number of hydrogen-bond acceptors (Lipinski definition) is 7. The van der Waals surface area contributed by atoms with Crippen molar-refractivity contribution in [2.24, 2.45) is 0 Å². The van der Waals surface area contributed by atoms with E-state index < -0.39 is 22.0 Å². The van der Waals surface area contributed by atoms with E-state index in [2.05, 4.69) is 16.5 Å². The number of aromatic hydroxyl groups is 1. The molecule has 0 atom stereocenters. The standard InChI is InChI=1S/C16H15N3O6/c1-3-9-25-14-10(5-4-6-11(14)24-2)7-8-12-17-15(20)13(19(22)23)16(21)18-12/h3-8H,1,9H2,2H3,(H2,17,18,20,21)/b8-7+. The van der Waals surface area contributed by atoms with Crippen LogP contribution in [0.5, 0.6) is 17.4 Å². The number of para-hydroxylation sites is 1. The van der Waals surface area contributed by atoms with Crippen molar-refractivity contribution in [3.8, 4) is 17.4 Å². The van der Waals surface area contributed by atoms with E-state index in [1.54, 1.807) is 30.4 Å². The molecule has 1 aromatic heterocycles. The van der Waals surface area contributed by atoms with E-state index >= 15 is 0 Å². The maximum Gasteiger partial charge on any atom is 0.395 e. The number of H-pyrrole nitrogens is 1. The molecule has 1 aromatic carbocycles. The normalized spacial score (nSPS) is 10.6. The molecule has 130 valence electrons. The number of methoxy groups -OCH3 is 1. The van der Waals surface area contributed by atoms with Crippen LogP contribution in [0.4, 0.5) is 5.69 Å². The summed E-state index contributed by atoms with van der Waals surface area (Å²) in [5, 5.41) is 20.2. The van der Waals surface area contributed by atoms with Crippen LogP contribution < -0.4 is 15.0 Å². The third-order valence-electron chi connectivity index (χ3n) is 3.07. The average Bonchev–Trinajstić information content (AvgIpc) is 2.57. The molecule has 1 heterocycles. The first kappa shape index (κ1) is 17.7. The number of nitrogens with zero attached hydrogens (tertiary/aromatic N) is 2. The molecule has 0 fully saturated rings. The van der Waals surface area contributed by atoms with E-state index in [9.17, 15) is 20.0 Å². The fraction of sp³-hybridized carbons (Fsp3) is 0.125. The zero-order valence-electron chi connectivity index (χ0n) is 13.3. The minimum absolute atomic E-state index is 0.0504. The topological polar surface area (TPSA) is 128 Å². The Labute approximate surface area is 142 Å². The lowest BCUT2D eigenvalue weighted by Gasteiger charge is -2.11. The Morgan fingerprint density at radius 1 is 1.44 bits per heavy atom. The van der Waals surface area contributed by atoms with Gasteiger partial charge in [-0.15, -0.1) is 0 Å². The lowest BCUT2D eigenvalue weighted by molar-refractivity contribution is -0.387. The molecule has 0 amide bonds. The monoisotopic (exact) mass is 345 g/mol. The Morgan fingerprint density at radius 2 is 2.20 bits per heavy atom. The maximum absolute atomic E-state index is 11.6. The Hall–Kier alpha value is -3.62. The van der Waals surface area contributed by atoms with E-state index in [0.717, 1.165) is 0 Å². The van der Waals surface area contributed by atoms with Crippen molar-refractivity contribution < 1.29 is 19.5 Å². The van der Waals surface area contributed by atoms with Crippen molar-refractivity contribution in [3.63, 3.8) is 0 Å². The number of nitro groups is 1. The van der Waals surface area contributed by atoms with Crippen LogP contribution in [0, 0.1) is 10.1 Å². The second kappa shape index (κ2) is 7.77. The van der Waals surface area contributed by atoms with Crippen LogP contribution in [0.15, 0.2) is 35.6 Å². The first-order valence-corrected chi connectivity index (χ1v) is 7.04. The number of benzene rings is 1. The lowest BCUT2D eigenvalue weighted by Crippen LogP contribution is -2.14. The number of hydrogen-bond donors (Lipinski definition) is 2. The molecular weight excluding hydrogens is 330 g/mol. The number of ether oxygens (including phenoxy) is 2. The van der Waals surface area contributed by atoms with Gasteiger partial charge in [0.25, 0.3) is 5.88 Å². The van der Waals surface area contributed by atoms with E-state index in [4.69, 9.17) is 9.47 Å². The molecule has 9 nitrogen and oxygen atoms in total. The Balaban J connectivity index is 2.41. The summed E-state index contributed by atoms with van der Waals surface area (Å²) in [4.78, 5) is 27.1. The highest BCUT2D eigenvalue weighted by atomic mass is 16.6. The Kier molecular flexibility index (Phi) is 5.51. The molecule has 9 heteroatoms. The van der Waals surface area contributed by atoms with Gasteiger partial charge in [-0.2, -0.15) is 4.98 Å². The van der Waals surface area contributed by atoms with Crippen LogP contribution in [0.25, 0.3) is 12.2 Å². The smallest absolute Gasteiger partial charge is 0.395 e. The van der Waals surface area contributed by atoms with Crippen molar-refractivity contribution in [3.05, 3.63) is 62.7 Å². The summed E-state index contributed by atoms with van der Waals surface area (Å²) in [5.74, 6) is -0.0561. The molecular formula is C16H15N3O6. The number of rotatable bonds is 7. The summed E-state index contributed by atoms with van der Waals surface area (Å²) < 4.78 is 10.8. The highest BCUT2D eigenvalue weighted by Crippen LogP contribution is 2.32. The maximum atomic E-state index is 11.6. The zero-order valence-corrected chi connectivity index (χ0v) is 13.3. The van der Waals surface area contributed by atoms with Crippen molar-refractivity contribution in [2.75, 3.05) is 13.7 Å². The van der Waals surface area contributed by atoms with Gasteiger partial charge in [-0.1, -0.05) is 24.8 Å². The van der Waals surface area contributed by atoms with Gasteiger partial charge in [-0.05, 0) is 18.2 Å². The fourth-order valence-corrected chi connectivity index (χ4v) is 2.01. The molecule has 0 aliphatic carbocycles. The predicted molar refractivity (Wildman–Crippen MR) is 90.8 cm³/mol. The Bertz CT molecular complexity index is 888. The summed E-state index contributed by atoms with van der Waals surface area (Å²) in [6, 6.07) is 5.19. The van der Waals surface area contributed by atoms with Gasteiger partial charge in [0, 0.05) is 5.56 Å². The summed E-state index contributed by atoms with van der Waals surface area (Å²) in [5.41, 5.74) is -1.44. The molecule has 2 rings (SSSR count). The van der Waals surface area contributed by atoms with Crippen LogP contribution in [0.2, 0.25) is 0 Å². The van der Waals surface area contributed by atoms with Crippen molar-refractivity contribution >= 4 is 17.8 Å². The van der Waals surface area contributed by atoms with Gasteiger partial charge in [0.05, 0.1) is 12.0 Å². The molecule has 0 saturated carbocycles. The van der Waals surface area contributed by atoms with Crippen molar-refractivity contribution in [2.45, 2.75) is 0 Å². The van der Waals surface area contributed by atoms with Gasteiger partial charge >= 0.3 is 11.2 Å². The molecule has 0 unspecified atom stereocenters. The Morgan fingerprint density at radius 3 is 2.80 bits per heavy atom. The van der Waals surface area contributed by atoms with E-state index in [1.165, 1.54) is 13.2 Å². The van der Waals surface area contributed by atoms with E-state index in [0.29, 0.717) is 17.1 Å². The highest BCUT2D eigenvalue weighted by molar-refractivity contribution is 5.72. The minimum atomic E-state index is -1.05. The molecule has 0 aliphatic rings. The molecule has 25 heavy (non-hydrogen) atoms. The molecule has 0 saturated heterocycles. The molecule has 0 bridgehead atoms. The largest absolute Gasteiger partial charge is 0.493 e. The first-order valence-electron chi connectivity index (χ1n) is 7.04. The SMILES string of the molecule is C=CCOc1c(/C=C/c2nc(O)c([N+](=O)[O-])c(=O)[nH]2)cccc1OC. The van der Waals surface area contributed by atoms with Gasteiger partial charge in [0.2, 0.25) is 0 Å². The van der Waals surface area contributed by atoms with Crippen LogP contribution in [0.3, 0.4) is 0 Å². The second-order valence-electron chi connectivity index (χ2n) is 4.69. The molecule has 2 N–H and O–H groups in total.